The number of benzene rings is 1. The van der Waals surface area contributed by atoms with Crippen LogP contribution in [0, 0.1) is 0 Å². The van der Waals surface area contributed by atoms with E-state index in [-0.39, 0.29) is 0 Å². The van der Waals surface area contributed by atoms with Gasteiger partial charge >= 0.3 is 0 Å². The van der Waals surface area contributed by atoms with E-state index >= 15 is 0 Å². The van der Waals surface area contributed by atoms with Gasteiger partial charge in [0, 0.05) is 17.5 Å². The molecule has 1 aromatic carbocycles. The Balaban J connectivity index is 2.26. The van der Waals surface area contributed by atoms with Gasteiger partial charge < -0.3 is 5.73 Å². The minimum absolute atomic E-state index is 0.371. The lowest BCUT2D eigenvalue weighted by Crippen LogP contribution is -2.01. The Bertz CT molecular complexity index is 461. The van der Waals surface area contributed by atoms with Gasteiger partial charge in [-0.15, -0.1) is 0 Å². The molecule has 1 aromatic rings. The minimum Gasteiger partial charge on any atom is -0.398 e. The number of allylic oxidation sites excluding steroid dienone is 1. The Labute approximate surface area is 98.9 Å². The summed E-state index contributed by atoms with van der Waals surface area (Å²) >= 11 is 11.9. The second kappa shape index (κ2) is 3.16. The number of nitrogen functional groups attached to an aromatic ring is 1. The van der Waals surface area contributed by atoms with E-state index in [9.17, 15) is 0 Å². The molecule has 0 spiro atoms. The quantitative estimate of drug-likeness (QED) is 0.683. The maximum atomic E-state index is 6.01. The van der Waals surface area contributed by atoms with Gasteiger partial charge in [0.2, 0.25) is 0 Å². The van der Waals surface area contributed by atoms with E-state index in [0.29, 0.717) is 16.3 Å². The van der Waals surface area contributed by atoms with E-state index in [4.69, 9.17) is 28.9 Å². The molecule has 1 saturated carbocycles. The lowest BCUT2D eigenvalue weighted by Gasteiger charge is -2.15. The SMILES string of the molecule is Nc1cccc2c1C1CC[C@@H]2C1=C(Cl)Cl. The summed E-state index contributed by atoms with van der Waals surface area (Å²) in [7, 11) is 0. The van der Waals surface area contributed by atoms with Gasteiger partial charge in [-0.05, 0) is 35.6 Å². The van der Waals surface area contributed by atoms with Crippen LogP contribution in [0.25, 0.3) is 0 Å². The molecule has 2 bridgehead atoms. The third kappa shape index (κ3) is 1.17. The molecule has 2 aliphatic rings. The first-order valence-corrected chi connectivity index (χ1v) is 5.89. The first kappa shape index (κ1) is 9.56. The lowest BCUT2D eigenvalue weighted by molar-refractivity contribution is 0.719. The first-order chi connectivity index (χ1) is 7.20. The van der Waals surface area contributed by atoms with E-state index < -0.39 is 0 Å². The molecule has 2 aliphatic carbocycles. The molecule has 3 rings (SSSR count). The molecule has 1 nitrogen and oxygen atoms in total. The molecule has 0 heterocycles. The Morgan fingerprint density at radius 3 is 2.60 bits per heavy atom. The summed E-state index contributed by atoms with van der Waals surface area (Å²) in [6.07, 6.45) is 2.28. The van der Waals surface area contributed by atoms with Gasteiger partial charge in [0.05, 0.1) is 0 Å². The van der Waals surface area contributed by atoms with Crippen molar-refractivity contribution in [1.29, 1.82) is 0 Å². The topological polar surface area (TPSA) is 26.0 Å². The van der Waals surface area contributed by atoms with Crippen LogP contribution in [0.2, 0.25) is 0 Å². The van der Waals surface area contributed by atoms with E-state index in [1.165, 1.54) is 16.7 Å². The molecule has 3 heteroatoms. The maximum Gasteiger partial charge on any atom is 0.107 e. The van der Waals surface area contributed by atoms with Crippen molar-refractivity contribution in [2.24, 2.45) is 0 Å². The zero-order valence-electron chi connectivity index (χ0n) is 8.13. The lowest BCUT2D eigenvalue weighted by atomic mass is 9.91. The highest BCUT2D eigenvalue weighted by atomic mass is 35.5. The predicted molar refractivity (Wildman–Crippen MR) is 64.3 cm³/mol. The van der Waals surface area contributed by atoms with Crippen LogP contribution in [0.3, 0.4) is 0 Å². The zero-order valence-corrected chi connectivity index (χ0v) is 9.65. The van der Waals surface area contributed by atoms with Crippen molar-refractivity contribution in [2.45, 2.75) is 24.7 Å². The zero-order chi connectivity index (χ0) is 10.6. The van der Waals surface area contributed by atoms with Crippen molar-refractivity contribution in [1.82, 2.24) is 0 Å². The van der Waals surface area contributed by atoms with E-state index in [2.05, 4.69) is 6.07 Å². The number of hydrogen-bond acceptors (Lipinski definition) is 1. The van der Waals surface area contributed by atoms with E-state index in [1.807, 2.05) is 12.1 Å². The standard InChI is InChI=1S/C12H11Cl2N/c13-12(14)11-7-4-5-8(11)10-6(7)2-1-3-9(10)15/h1-3,7-8H,4-5,15H2/t7-,8?/m0/s1. The highest BCUT2D eigenvalue weighted by Gasteiger charge is 2.43. The fourth-order valence-corrected chi connectivity index (χ4v) is 3.61. The molecule has 1 fully saturated rings. The Morgan fingerprint density at radius 1 is 1.20 bits per heavy atom. The highest BCUT2D eigenvalue weighted by molar-refractivity contribution is 6.56. The molecule has 0 aromatic heterocycles. The van der Waals surface area contributed by atoms with Crippen molar-refractivity contribution < 1.29 is 0 Å². The molecule has 2 atom stereocenters. The number of halogens is 2. The van der Waals surface area contributed by atoms with Crippen LogP contribution in [0.1, 0.15) is 35.8 Å². The average Bonchev–Trinajstić information content (AvgIpc) is 2.73. The number of rotatable bonds is 0. The average molecular weight is 240 g/mol. The second-order valence-electron chi connectivity index (χ2n) is 4.25. The molecular formula is C12H11Cl2N. The second-order valence-corrected chi connectivity index (χ2v) is 5.20. The van der Waals surface area contributed by atoms with Gasteiger partial charge in [0.15, 0.2) is 0 Å². The Morgan fingerprint density at radius 2 is 1.93 bits per heavy atom. The molecular weight excluding hydrogens is 229 g/mol. The number of hydrogen-bond donors (Lipinski definition) is 1. The van der Waals surface area contributed by atoms with Crippen molar-refractivity contribution >= 4 is 28.9 Å². The van der Waals surface area contributed by atoms with Gasteiger partial charge in [-0.3, -0.25) is 0 Å². The summed E-state index contributed by atoms with van der Waals surface area (Å²) in [5, 5.41) is 0. The summed E-state index contributed by atoms with van der Waals surface area (Å²) in [5.41, 5.74) is 10.7. The van der Waals surface area contributed by atoms with Gasteiger partial charge in [-0.2, -0.15) is 0 Å². The van der Waals surface area contributed by atoms with Crippen molar-refractivity contribution in [3.05, 3.63) is 39.4 Å². The molecule has 2 N–H and O–H groups in total. The van der Waals surface area contributed by atoms with Gasteiger partial charge in [-0.1, -0.05) is 35.3 Å². The summed E-state index contributed by atoms with van der Waals surface area (Å²) in [4.78, 5) is 0. The highest BCUT2D eigenvalue weighted by Crippen LogP contribution is 2.60. The molecule has 0 aliphatic heterocycles. The van der Waals surface area contributed by atoms with Crippen LogP contribution in [0.4, 0.5) is 5.69 Å². The van der Waals surface area contributed by atoms with Crippen LogP contribution in [0.5, 0.6) is 0 Å². The summed E-state index contributed by atoms with van der Waals surface area (Å²) in [6, 6.07) is 6.11. The minimum atomic E-state index is 0.371. The molecule has 0 amide bonds. The number of anilines is 1. The fraction of sp³-hybridized carbons (Fsp3) is 0.333. The molecule has 78 valence electrons. The van der Waals surface area contributed by atoms with E-state index in [0.717, 1.165) is 18.5 Å². The van der Waals surface area contributed by atoms with Crippen LogP contribution >= 0.6 is 23.2 Å². The third-order valence-electron chi connectivity index (χ3n) is 3.61. The fourth-order valence-electron chi connectivity index (χ4n) is 3.08. The molecule has 0 saturated heterocycles. The number of nitrogens with two attached hydrogens (primary N) is 1. The van der Waals surface area contributed by atoms with Gasteiger partial charge in [0.25, 0.3) is 0 Å². The summed E-state index contributed by atoms with van der Waals surface area (Å²) < 4.78 is 0.443. The van der Waals surface area contributed by atoms with Crippen molar-refractivity contribution in [2.75, 3.05) is 5.73 Å². The monoisotopic (exact) mass is 239 g/mol. The van der Waals surface area contributed by atoms with Crippen LogP contribution in [-0.4, -0.2) is 0 Å². The van der Waals surface area contributed by atoms with Crippen molar-refractivity contribution in [3.8, 4) is 0 Å². The van der Waals surface area contributed by atoms with Crippen molar-refractivity contribution in [3.63, 3.8) is 0 Å². The Hall–Kier alpha value is -0.660. The molecule has 0 radical (unpaired) electrons. The maximum absolute atomic E-state index is 6.01. The van der Waals surface area contributed by atoms with E-state index in [1.54, 1.807) is 0 Å². The van der Waals surface area contributed by atoms with Gasteiger partial charge in [0.1, 0.15) is 4.49 Å². The van der Waals surface area contributed by atoms with Crippen LogP contribution in [0.15, 0.2) is 28.3 Å². The smallest absolute Gasteiger partial charge is 0.107 e. The first-order valence-electron chi connectivity index (χ1n) is 5.13. The third-order valence-corrected chi connectivity index (χ3v) is 4.05. The molecule has 15 heavy (non-hydrogen) atoms. The largest absolute Gasteiger partial charge is 0.398 e. The van der Waals surface area contributed by atoms with Crippen LogP contribution < -0.4 is 5.73 Å². The predicted octanol–water partition coefficient (Wildman–Crippen LogP) is 3.93. The Kier molecular flexibility index (Phi) is 2.02. The summed E-state index contributed by atoms with van der Waals surface area (Å²) in [5.74, 6) is 0.787. The summed E-state index contributed by atoms with van der Waals surface area (Å²) in [6.45, 7) is 0. The van der Waals surface area contributed by atoms with Crippen LogP contribution in [-0.2, 0) is 0 Å². The normalized spacial score (nSPS) is 26.9. The molecule has 1 unspecified atom stereocenters. The van der Waals surface area contributed by atoms with Gasteiger partial charge in [-0.25, -0.2) is 0 Å². The number of fused-ring (bicyclic) bond motifs is 5.